The van der Waals surface area contributed by atoms with E-state index in [1.807, 2.05) is 12.1 Å². The van der Waals surface area contributed by atoms with Crippen LogP contribution in [0.25, 0.3) is 0 Å². The maximum absolute atomic E-state index is 12.3. The van der Waals surface area contributed by atoms with Crippen molar-refractivity contribution < 1.29 is 14.6 Å². The first-order valence-electron chi connectivity index (χ1n) is 7.10. The minimum Gasteiger partial charge on any atom is -0.482 e. The van der Waals surface area contributed by atoms with Crippen LogP contribution in [-0.4, -0.2) is 41.7 Å². The van der Waals surface area contributed by atoms with E-state index in [1.54, 1.807) is 17.0 Å². The molecule has 1 aromatic rings. The van der Waals surface area contributed by atoms with Crippen LogP contribution in [-0.2, 0) is 4.79 Å². The smallest absolute Gasteiger partial charge is 0.260 e. The van der Waals surface area contributed by atoms with Crippen LogP contribution in [0, 0.1) is 0 Å². The number of hydrogen-bond donors (Lipinski definition) is 2. The molecule has 0 atom stereocenters. The van der Waals surface area contributed by atoms with Gasteiger partial charge in [0.25, 0.3) is 5.91 Å². The number of amides is 1. The van der Waals surface area contributed by atoms with Crippen molar-refractivity contribution in [3.63, 3.8) is 0 Å². The van der Waals surface area contributed by atoms with E-state index in [9.17, 15) is 4.79 Å². The Morgan fingerprint density at radius 2 is 2.05 bits per heavy atom. The van der Waals surface area contributed by atoms with E-state index < -0.39 is 0 Å². The molecule has 3 N–H and O–H groups in total. The number of nitrogens with two attached hydrogens (primary N) is 1. The van der Waals surface area contributed by atoms with Crippen LogP contribution in [0.2, 0.25) is 0 Å². The van der Waals surface area contributed by atoms with Gasteiger partial charge in [-0.1, -0.05) is 25.0 Å². The molecule has 1 aliphatic rings. The first-order chi connectivity index (χ1) is 9.72. The zero-order valence-corrected chi connectivity index (χ0v) is 11.6. The molecule has 5 heteroatoms. The first-order valence-corrected chi connectivity index (χ1v) is 7.10. The molecule has 5 nitrogen and oxygen atoms in total. The topological polar surface area (TPSA) is 75.8 Å². The van der Waals surface area contributed by atoms with Gasteiger partial charge in [0.1, 0.15) is 5.75 Å². The van der Waals surface area contributed by atoms with Crippen LogP contribution >= 0.6 is 0 Å². The summed E-state index contributed by atoms with van der Waals surface area (Å²) in [5.41, 5.74) is 6.30. The molecule has 0 aromatic heterocycles. The largest absolute Gasteiger partial charge is 0.482 e. The van der Waals surface area contributed by atoms with Gasteiger partial charge in [-0.15, -0.1) is 0 Å². The number of benzene rings is 1. The fraction of sp³-hybridized carbons (Fsp3) is 0.533. The average Bonchev–Trinajstić information content (AvgIpc) is 2.97. The van der Waals surface area contributed by atoms with E-state index in [2.05, 4.69) is 0 Å². The molecule has 20 heavy (non-hydrogen) atoms. The van der Waals surface area contributed by atoms with E-state index in [-0.39, 0.29) is 25.2 Å². The molecule has 110 valence electrons. The zero-order chi connectivity index (χ0) is 14.4. The van der Waals surface area contributed by atoms with Gasteiger partial charge >= 0.3 is 0 Å². The van der Waals surface area contributed by atoms with Crippen molar-refractivity contribution in [1.29, 1.82) is 0 Å². The number of rotatable bonds is 6. The molecule has 1 fully saturated rings. The van der Waals surface area contributed by atoms with Crippen LogP contribution in [0.5, 0.6) is 5.75 Å². The van der Waals surface area contributed by atoms with Gasteiger partial charge in [-0.2, -0.15) is 0 Å². The van der Waals surface area contributed by atoms with Crippen molar-refractivity contribution in [3.8, 4) is 5.75 Å². The number of aliphatic hydroxyl groups excluding tert-OH is 1. The number of nitrogens with zero attached hydrogens (tertiary/aromatic N) is 1. The van der Waals surface area contributed by atoms with Crippen molar-refractivity contribution in [2.45, 2.75) is 31.7 Å². The van der Waals surface area contributed by atoms with E-state index in [0.29, 0.717) is 18.0 Å². The van der Waals surface area contributed by atoms with Crippen LogP contribution in [0.15, 0.2) is 24.3 Å². The van der Waals surface area contributed by atoms with Crippen LogP contribution < -0.4 is 10.5 Å². The summed E-state index contributed by atoms with van der Waals surface area (Å²) in [5, 5.41) is 9.12. The Balaban J connectivity index is 1.93. The van der Waals surface area contributed by atoms with Crippen molar-refractivity contribution in [1.82, 2.24) is 4.90 Å². The van der Waals surface area contributed by atoms with Crippen molar-refractivity contribution >= 4 is 11.6 Å². The highest BCUT2D eigenvalue weighted by Crippen LogP contribution is 2.24. The summed E-state index contributed by atoms with van der Waals surface area (Å²) >= 11 is 0. The molecule has 2 rings (SSSR count). The normalized spacial score (nSPS) is 15.2. The minimum atomic E-state index is -0.0887. The molecule has 1 aromatic carbocycles. The maximum Gasteiger partial charge on any atom is 0.260 e. The summed E-state index contributed by atoms with van der Waals surface area (Å²) in [6.45, 7) is 0.317. The second-order valence-electron chi connectivity index (χ2n) is 5.08. The highest BCUT2D eigenvalue weighted by molar-refractivity contribution is 5.78. The number of carbonyl (C=O) groups excluding carboxylic acids is 1. The number of nitrogen functional groups attached to an aromatic ring is 1. The Morgan fingerprint density at radius 1 is 1.35 bits per heavy atom. The van der Waals surface area contributed by atoms with Crippen molar-refractivity contribution in [3.05, 3.63) is 24.3 Å². The van der Waals surface area contributed by atoms with E-state index >= 15 is 0 Å². The lowest BCUT2D eigenvalue weighted by molar-refractivity contribution is -0.136. The highest BCUT2D eigenvalue weighted by Gasteiger charge is 2.26. The summed E-state index contributed by atoms with van der Waals surface area (Å²) < 4.78 is 5.49. The van der Waals surface area contributed by atoms with E-state index in [4.69, 9.17) is 15.6 Å². The predicted octanol–water partition coefficient (Wildman–Crippen LogP) is 1.41. The maximum atomic E-state index is 12.3. The lowest BCUT2D eigenvalue weighted by Crippen LogP contribution is -2.43. The third-order valence-electron chi connectivity index (χ3n) is 3.70. The number of hydrogen-bond acceptors (Lipinski definition) is 4. The third-order valence-corrected chi connectivity index (χ3v) is 3.70. The number of aliphatic hydroxyl groups is 1. The SMILES string of the molecule is Nc1ccccc1OCC(=O)N(CCO)C1CCCC1. The minimum absolute atomic E-state index is 0.0181. The van der Waals surface area contributed by atoms with Crippen LogP contribution in [0.1, 0.15) is 25.7 Å². The van der Waals surface area contributed by atoms with Gasteiger partial charge in [0.2, 0.25) is 0 Å². The number of para-hydroxylation sites is 2. The fourth-order valence-electron chi connectivity index (χ4n) is 2.67. The van der Waals surface area contributed by atoms with Gasteiger partial charge in [0, 0.05) is 12.6 Å². The van der Waals surface area contributed by atoms with Crippen molar-refractivity contribution in [2.24, 2.45) is 0 Å². The summed E-state index contributed by atoms with van der Waals surface area (Å²) in [7, 11) is 0. The van der Waals surface area contributed by atoms with Gasteiger partial charge in [-0.05, 0) is 25.0 Å². The molecule has 0 bridgehead atoms. The molecule has 0 spiro atoms. The predicted molar refractivity (Wildman–Crippen MR) is 77.4 cm³/mol. The summed E-state index contributed by atoms with van der Waals surface area (Å²) in [4.78, 5) is 14.0. The van der Waals surface area contributed by atoms with E-state index in [0.717, 1.165) is 25.7 Å². The average molecular weight is 278 g/mol. The molecule has 0 aliphatic heterocycles. The lowest BCUT2D eigenvalue weighted by Gasteiger charge is -2.28. The molecule has 1 saturated carbocycles. The number of carbonyl (C=O) groups is 1. The Kier molecular flexibility index (Phi) is 5.24. The number of ether oxygens (including phenoxy) is 1. The zero-order valence-electron chi connectivity index (χ0n) is 11.6. The van der Waals surface area contributed by atoms with Gasteiger partial charge in [0.15, 0.2) is 6.61 Å². The van der Waals surface area contributed by atoms with Gasteiger partial charge < -0.3 is 20.5 Å². The molecule has 0 radical (unpaired) electrons. The first kappa shape index (κ1) is 14.7. The summed E-state index contributed by atoms with van der Waals surface area (Å²) in [5.74, 6) is 0.436. The molecule has 0 unspecified atom stereocenters. The second kappa shape index (κ2) is 7.14. The Labute approximate surface area is 119 Å². The Morgan fingerprint density at radius 3 is 2.70 bits per heavy atom. The van der Waals surface area contributed by atoms with Gasteiger partial charge in [-0.25, -0.2) is 0 Å². The quantitative estimate of drug-likeness (QED) is 0.771. The molecule has 0 saturated heterocycles. The number of anilines is 1. The Bertz CT molecular complexity index is 444. The standard InChI is InChI=1S/C15H22N2O3/c16-13-7-3-4-8-14(13)20-11-15(19)17(9-10-18)12-5-1-2-6-12/h3-4,7-8,12,18H,1-2,5-6,9-11,16H2. The van der Waals surface area contributed by atoms with Crippen molar-refractivity contribution in [2.75, 3.05) is 25.5 Å². The second-order valence-corrected chi connectivity index (χ2v) is 5.08. The highest BCUT2D eigenvalue weighted by atomic mass is 16.5. The molecular weight excluding hydrogens is 256 g/mol. The molecule has 0 heterocycles. The Hall–Kier alpha value is -1.75. The molecular formula is C15H22N2O3. The van der Waals surface area contributed by atoms with Crippen LogP contribution in [0.4, 0.5) is 5.69 Å². The summed E-state index contributed by atoms with van der Waals surface area (Å²) in [6, 6.07) is 7.36. The van der Waals surface area contributed by atoms with Gasteiger partial charge in [-0.3, -0.25) is 4.79 Å². The van der Waals surface area contributed by atoms with Gasteiger partial charge in [0.05, 0.1) is 12.3 Å². The lowest BCUT2D eigenvalue weighted by atomic mass is 10.2. The fourth-order valence-corrected chi connectivity index (χ4v) is 2.67. The van der Waals surface area contributed by atoms with Crippen LogP contribution in [0.3, 0.4) is 0 Å². The molecule has 1 amide bonds. The van der Waals surface area contributed by atoms with E-state index in [1.165, 1.54) is 0 Å². The third kappa shape index (κ3) is 3.63. The molecule has 1 aliphatic carbocycles. The summed E-state index contributed by atoms with van der Waals surface area (Å²) in [6.07, 6.45) is 4.32. The monoisotopic (exact) mass is 278 g/mol.